The molecule has 1 aliphatic rings. The predicted octanol–water partition coefficient (Wildman–Crippen LogP) is 3.47. The number of ether oxygens (including phenoxy) is 1. The normalized spacial score (nSPS) is 22.9. The third kappa shape index (κ3) is 3.23. The van der Waals surface area contributed by atoms with E-state index in [2.05, 4.69) is 20.9 Å². The molecule has 4 nitrogen and oxygen atoms in total. The van der Waals surface area contributed by atoms with Crippen molar-refractivity contribution in [2.24, 2.45) is 0 Å². The van der Waals surface area contributed by atoms with Crippen molar-refractivity contribution in [1.82, 2.24) is 9.88 Å². The van der Waals surface area contributed by atoms with Crippen LogP contribution in [0, 0.1) is 0 Å². The van der Waals surface area contributed by atoms with Crippen LogP contribution in [-0.4, -0.2) is 34.3 Å². The second-order valence-corrected chi connectivity index (χ2v) is 6.29. The summed E-state index contributed by atoms with van der Waals surface area (Å²) in [5, 5.41) is 0. The maximum absolute atomic E-state index is 13.7. The molecule has 1 aliphatic heterocycles. The van der Waals surface area contributed by atoms with Gasteiger partial charge in [-0.3, -0.25) is 4.90 Å². The van der Waals surface area contributed by atoms with E-state index in [0.717, 1.165) is 0 Å². The van der Waals surface area contributed by atoms with Crippen LogP contribution in [0.15, 0.2) is 22.8 Å². The second kappa shape index (κ2) is 5.07. The van der Waals surface area contributed by atoms with E-state index in [1.165, 1.54) is 4.90 Å². The van der Waals surface area contributed by atoms with Crippen molar-refractivity contribution in [3.05, 3.63) is 28.5 Å². The molecule has 0 bridgehead atoms. The minimum atomic E-state index is -1.10. The molecule has 0 aliphatic carbocycles. The van der Waals surface area contributed by atoms with E-state index in [4.69, 9.17) is 4.74 Å². The summed E-state index contributed by atoms with van der Waals surface area (Å²) in [6.45, 7) is 5.39. The van der Waals surface area contributed by atoms with Crippen LogP contribution in [0.4, 0.5) is 9.18 Å². The summed E-state index contributed by atoms with van der Waals surface area (Å²) < 4.78 is 19.6. The molecule has 0 aromatic carbocycles. The maximum atomic E-state index is 13.7. The van der Waals surface area contributed by atoms with Gasteiger partial charge < -0.3 is 4.74 Å². The number of aromatic nitrogens is 1. The molecule has 19 heavy (non-hydrogen) atoms. The number of alkyl halides is 1. The van der Waals surface area contributed by atoms with Crippen LogP contribution in [0.1, 0.15) is 32.5 Å². The summed E-state index contributed by atoms with van der Waals surface area (Å²) in [5.74, 6) is 0. The molecule has 1 aromatic heterocycles. The standard InChI is InChI=1S/C13H16BrFN2O2/c1-13(2,3)19-12(18)17-7-8(15)11(17)9-5-4-6-10(14)16-9/h4-6,8,11H,7H2,1-3H3. The van der Waals surface area contributed by atoms with Gasteiger partial charge in [0.2, 0.25) is 0 Å². The molecule has 1 aromatic rings. The molecular formula is C13H16BrFN2O2. The van der Waals surface area contributed by atoms with E-state index >= 15 is 0 Å². The van der Waals surface area contributed by atoms with Crippen LogP contribution in [0.5, 0.6) is 0 Å². The molecule has 2 unspecified atom stereocenters. The quantitative estimate of drug-likeness (QED) is 0.740. The van der Waals surface area contributed by atoms with Crippen LogP contribution >= 0.6 is 15.9 Å². The van der Waals surface area contributed by atoms with E-state index < -0.39 is 23.9 Å². The lowest BCUT2D eigenvalue weighted by Crippen LogP contribution is -2.55. The average Bonchev–Trinajstić information content (AvgIpc) is 2.23. The molecule has 2 atom stereocenters. The van der Waals surface area contributed by atoms with Crippen LogP contribution in [0.25, 0.3) is 0 Å². The number of rotatable bonds is 1. The first-order chi connectivity index (χ1) is 8.78. The number of carbonyl (C=O) groups is 1. The fourth-order valence-electron chi connectivity index (χ4n) is 1.90. The van der Waals surface area contributed by atoms with Crippen molar-refractivity contribution < 1.29 is 13.9 Å². The summed E-state index contributed by atoms with van der Waals surface area (Å²) in [7, 11) is 0. The summed E-state index contributed by atoms with van der Waals surface area (Å²) >= 11 is 3.24. The van der Waals surface area contributed by atoms with Gasteiger partial charge in [0, 0.05) is 0 Å². The van der Waals surface area contributed by atoms with E-state index in [-0.39, 0.29) is 6.54 Å². The fraction of sp³-hybridized carbons (Fsp3) is 0.538. The zero-order valence-electron chi connectivity index (χ0n) is 11.1. The number of hydrogen-bond acceptors (Lipinski definition) is 3. The SMILES string of the molecule is CC(C)(C)OC(=O)N1CC(F)C1c1cccc(Br)n1. The van der Waals surface area contributed by atoms with E-state index in [0.29, 0.717) is 10.3 Å². The van der Waals surface area contributed by atoms with Crippen molar-refractivity contribution >= 4 is 22.0 Å². The third-order valence-electron chi connectivity index (χ3n) is 2.72. The van der Waals surface area contributed by atoms with Gasteiger partial charge in [-0.05, 0) is 48.8 Å². The van der Waals surface area contributed by atoms with E-state index in [9.17, 15) is 9.18 Å². The van der Waals surface area contributed by atoms with Gasteiger partial charge in [-0.1, -0.05) is 6.07 Å². The van der Waals surface area contributed by atoms with Gasteiger partial charge in [0.1, 0.15) is 22.4 Å². The highest BCUT2D eigenvalue weighted by Crippen LogP contribution is 2.36. The lowest BCUT2D eigenvalue weighted by Gasteiger charge is -2.43. The highest BCUT2D eigenvalue weighted by molar-refractivity contribution is 9.10. The average molecular weight is 331 g/mol. The van der Waals surface area contributed by atoms with Crippen LogP contribution < -0.4 is 0 Å². The lowest BCUT2D eigenvalue weighted by atomic mass is 9.97. The highest BCUT2D eigenvalue weighted by atomic mass is 79.9. The molecule has 104 valence electrons. The summed E-state index contributed by atoms with van der Waals surface area (Å²) in [6.07, 6.45) is -1.61. The molecule has 6 heteroatoms. The van der Waals surface area contributed by atoms with Crippen molar-refractivity contribution in [3.63, 3.8) is 0 Å². The smallest absolute Gasteiger partial charge is 0.411 e. The van der Waals surface area contributed by atoms with Crippen molar-refractivity contribution in [2.75, 3.05) is 6.54 Å². The van der Waals surface area contributed by atoms with Gasteiger partial charge in [0.05, 0.1) is 12.2 Å². The lowest BCUT2D eigenvalue weighted by molar-refractivity contribution is -0.0427. The number of hydrogen-bond donors (Lipinski definition) is 0. The Labute approximate surface area is 120 Å². The van der Waals surface area contributed by atoms with Gasteiger partial charge in [0.25, 0.3) is 0 Å². The Morgan fingerprint density at radius 1 is 1.53 bits per heavy atom. The summed E-state index contributed by atoms with van der Waals surface area (Å²) in [6, 6.07) is 4.57. The van der Waals surface area contributed by atoms with Gasteiger partial charge in [-0.2, -0.15) is 0 Å². The number of carbonyl (C=O) groups excluding carboxylic acids is 1. The fourth-order valence-corrected chi connectivity index (χ4v) is 2.26. The van der Waals surface area contributed by atoms with Crippen molar-refractivity contribution in [1.29, 1.82) is 0 Å². The molecule has 0 N–H and O–H groups in total. The Balaban J connectivity index is 2.14. The Morgan fingerprint density at radius 3 is 2.74 bits per heavy atom. The minimum Gasteiger partial charge on any atom is -0.444 e. The number of halogens is 2. The zero-order chi connectivity index (χ0) is 14.2. The molecular weight excluding hydrogens is 315 g/mol. The topological polar surface area (TPSA) is 42.4 Å². The predicted molar refractivity (Wildman–Crippen MR) is 72.5 cm³/mol. The van der Waals surface area contributed by atoms with Gasteiger partial charge in [0.15, 0.2) is 0 Å². The van der Waals surface area contributed by atoms with Gasteiger partial charge >= 0.3 is 6.09 Å². The van der Waals surface area contributed by atoms with Gasteiger partial charge in [-0.25, -0.2) is 14.2 Å². The molecule has 2 heterocycles. The first kappa shape index (κ1) is 14.2. The number of nitrogens with zero attached hydrogens (tertiary/aromatic N) is 2. The molecule has 0 saturated carbocycles. The van der Waals surface area contributed by atoms with Crippen molar-refractivity contribution in [3.8, 4) is 0 Å². The summed E-state index contributed by atoms with van der Waals surface area (Å²) in [5.41, 5.74) is -0.0627. The monoisotopic (exact) mass is 330 g/mol. The maximum Gasteiger partial charge on any atom is 0.411 e. The van der Waals surface area contributed by atoms with E-state index in [1.807, 2.05) is 0 Å². The number of pyridine rings is 1. The Morgan fingerprint density at radius 2 is 2.21 bits per heavy atom. The first-order valence-corrected chi connectivity index (χ1v) is 6.83. The molecule has 1 fully saturated rings. The minimum absolute atomic E-state index is 0.0494. The van der Waals surface area contributed by atoms with Crippen LogP contribution in [0.2, 0.25) is 0 Å². The number of amides is 1. The molecule has 0 spiro atoms. The first-order valence-electron chi connectivity index (χ1n) is 6.04. The Kier molecular flexibility index (Phi) is 3.80. The number of likely N-dealkylation sites (tertiary alicyclic amines) is 1. The second-order valence-electron chi connectivity index (χ2n) is 5.48. The van der Waals surface area contributed by atoms with Crippen molar-refractivity contribution in [2.45, 2.75) is 38.6 Å². The molecule has 1 amide bonds. The van der Waals surface area contributed by atoms with E-state index in [1.54, 1.807) is 39.0 Å². The molecule has 1 saturated heterocycles. The van der Waals surface area contributed by atoms with Crippen LogP contribution in [-0.2, 0) is 4.74 Å². The van der Waals surface area contributed by atoms with Crippen LogP contribution in [0.3, 0.4) is 0 Å². The molecule has 2 rings (SSSR count). The zero-order valence-corrected chi connectivity index (χ0v) is 12.6. The largest absolute Gasteiger partial charge is 0.444 e. The summed E-state index contributed by atoms with van der Waals surface area (Å²) in [4.78, 5) is 17.5. The highest BCUT2D eigenvalue weighted by Gasteiger charge is 2.46. The Hall–Kier alpha value is -1.17. The molecule has 0 radical (unpaired) electrons. The van der Waals surface area contributed by atoms with Gasteiger partial charge in [-0.15, -0.1) is 0 Å². The third-order valence-corrected chi connectivity index (χ3v) is 3.16. The Bertz CT molecular complexity index is 490.